The van der Waals surface area contributed by atoms with Crippen LogP contribution >= 0.6 is 11.3 Å². The second-order valence-corrected chi connectivity index (χ2v) is 6.47. The first-order chi connectivity index (χ1) is 10.8. The molecule has 0 saturated heterocycles. The number of benzene rings is 1. The van der Waals surface area contributed by atoms with Crippen molar-refractivity contribution in [2.24, 2.45) is 5.73 Å². The van der Waals surface area contributed by atoms with Crippen LogP contribution in [0, 0.1) is 0 Å². The predicted molar refractivity (Wildman–Crippen MR) is 96.2 cm³/mol. The Morgan fingerprint density at radius 2 is 1.86 bits per heavy atom. The van der Waals surface area contributed by atoms with E-state index in [1.54, 1.807) is 11.3 Å². The first kappa shape index (κ1) is 17.1. The Balaban J connectivity index is 2.21. The molecule has 0 atom stereocenters. The Bertz CT molecular complexity index is 559. The van der Waals surface area contributed by atoms with Crippen molar-refractivity contribution < 1.29 is 0 Å². The van der Waals surface area contributed by atoms with Gasteiger partial charge in [0.25, 0.3) is 0 Å². The maximum Gasteiger partial charge on any atom is 0.123 e. The van der Waals surface area contributed by atoms with E-state index in [9.17, 15) is 0 Å². The van der Waals surface area contributed by atoms with Crippen molar-refractivity contribution in [1.29, 1.82) is 0 Å². The minimum Gasteiger partial charge on any atom is -0.330 e. The highest BCUT2D eigenvalue weighted by molar-refractivity contribution is 7.13. The van der Waals surface area contributed by atoms with E-state index in [-0.39, 0.29) is 0 Å². The van der Waals surface area contributed by atoms with Crippen molar-refractivity contribution >= 4 is 11.3 Å². The lowest BCUT2D eigenvalue weighted by molar-refractivity contribution is 0.267. The number of nitrogens with zero attached hydrogens (tertiary/aromatic N) is 2. The summed E-state index contributed by atoms with van der Waals surface area (Å²) in [5, 5.41) is 3.25. The molecule has 0 bridgehead atoms. The van der Waals surface area contributed by atoms with E-state index in [4.69, 9.17) is 10.7 Å². The average Bonchev–Trinajstić information content (AvgIpc) is 2.97. The van der Waals surface area contributed by atoms with Crippen LogP contribution in [0.4, 0.5) is 0 Å². The molecule has 120 valence electrons. The van der Waals surface area contributed by atoms with Crippen LogP contribution < -0.4 is 5.73 Å². The molecule has 0 fully saturated rings. The Labute approximate surface area is 138 Å². The van der Waals surface area contributed by atoms with E-state index in [1.807, 2.05) is 0 Å². The van der Waals surface area contributed by atoms with Crippen molar-refractivity contribution in [3.05, 3.63) is 40.9 Å². The fourth-order valence-electron chi connectivity index (χ4n) is 2.70. The molecule has 1 heterocycles. The minimum absolute atomic E-state index is 0.658. The van der Waals surface area contributed by atoms with Gasteiger partial charge in [-0.1, -0.05) is 38.1 Å². The Morgan fingerprint density at radius 1 is 1.14 bits per heavy atom. The van der Waals surface area contributed by atoms with Gasteiger partial charge in [0.05, 0.1) is 5.69 Å². The largest absolute Gasteiger partial charge is 0.330 e. The lowest BCUT2D eigenvalue weighted by atomic mass is 10.1. The van der Waals surface area contributed by atoms with Crippen LogP contribution in [0.3, 0.4) is 0 Å². The lowest BCUT2D eigenvalue weighted by Crippen LogP contribution is -2.25. The van der Waals surface area contributed by atoms with Gasteiger partial charge in [0.1, 0.15) is 5.01 Å². The Morgan fingerprint density at radius 3 is 2.55 bits per heavy atom. The van der Waals surface area contributed by atoms with Crippen LogP contribution in [0.15, 0.2) is 29.6 Å². The second-order valence-electron chi connectivity index (χ2n) is 5.62. The first-order valence-electron chi connectivity index (χ1n) is 8.23. The second kappa shape index (κ2) is 9.03. The van der Waals surface area contributed by atoms with E-state index in [1.165, 1.54) is 24.0 Å². The molecule has 0 aliphatic rings. The highest BCUT2D eigenvalue weighted by Gasteiger charge is 2.12. The van der Waals surface area contributed by atoms with Gasteiger partial charge in [0.2, 0.25) is 0 Å². The van der Waals surface area contributed by atoms with Gasteiger partial charge in [-0.05, 0) is 38.0 Å². The zero-order chi connectivity index (χ0) is 15.8. The molecule has 0 saturated carbocycles. The summed E-state index contributed by atoms with van der Waals surface area (Å²) in [7, 11) is 0. The Hall–Kier alpha value is -1.23. The molecule has 0 aliphatic heterocycles. The molecule has 3 nitrogen and oxygen atoms in total. The van der Waals surface area contributed by atoms with Gasteiger partial charge in [-0.2, -0.15) is 0 Å². The zero-order valence-corrected chi connectivity index (χ0v) is 14.5. The third kappa shape index (κ3) is 4.63. The number of hydrogen-bond acceptors (Lipinski definition) is 4. The average molecular weight is 318 g/mol. The maximum atomic E-state index is 5.63. The number of nitrogens with two attached hydrogens (primary N) is 1. The van der Waals surface area contributed by atoms with Crippen LogP contribution in [0.1, 0.15) is 37.9 Å². The van der Waals surface area contributed by atoms with Gasteiger partial charge in [-0.3, -0.25) is 4.90 Å². The molecule has 0 unspecified atom stereocenters. The van der Waals surface area contributed by atoms with Gasteiger partial charge in [0.15, 0.2) is 0 Å². The molecule has 2 N–H and O–H groups in total. The summed E-state index contributed by atoms with van der Waals surface area (Å²) in [6, 6.07) is 8.66. The molecule has 1 aromatic carbocycles. The molecular weight excluding hydrogens is 290 g/mol. The summed E-state index contributed by atoms with van der Waals surface area (Å²) in [6.45, 7) is 8.45. The predicted octanol–water partition coefficient (Wildman–Crippen LogP) is 3.93. The van der Waals surface area contributed by atoms with Crippen LogP contribution in [0.25, 0.3) is 10.6 Å². The topological polar surface area (TPSA) is 42.2 Å². The molecular formula is C18H27N3S. The van der Waals surface area contributed by atoms with Gasteiger partial charge in [-0.25, -0.2) is 4.98 Å². The normalized spacial score (nSPS) is 11.3. The van der Waals surface area contributed by atoms with E-state index in [0.717, 1.165) is 36.8 Å². The highest BCUT2D eigenvalue weighted by atomic mass is 32.1. The fourth-order valence-corrected chi connectivity index (χ4v) is 3.62. The number of hydrogen-bond donors (Lipinski definition) is 1. The van der Waals surface area contributed by atoms with Gasteiger partial charge >= 0.3 is 0 Å². The summed E-state index contributed by atoms with van der Waals surface area (Å²) in [5.41, 5.74) is 9.38. The number of aromatic nitrogens is 1. The van der Waals surface area contributed by atoms with Crippen molar-refractivity contribution in [3.63, 3.8) is 0 Å². The van der Waals surface area contributed by atoms with E-state index >= 15 is 0 Å². The maximum absolute atomic E-state index is 5.63. The van der Waals surface area contributed by atoms with Crippen LogP contribution in [-0.4, -0.2) is 29.5 Å². The smallest absolute Gasteiger partial charge is 0.123 e. The van der Waals surface area contributed by atoms with Gasteiger partial charge in [-0.15, -0.1) is 11.3 Å². The van der Waals surface area contributed by atoms with Gasteiger partial charge < -0.3 is 5.73 Å². The molecule has 0 spiro atoms. The zero-order valence-electron chi connectivity index (χ0n) is 13.7. The molecule has 0 radical (unpaired) electrons. The summed E-state index contributed by atoms with van der Waals surface area (Å²) in [5.74, 6) is 0. The molecule has 2 aromatic rings. The highest BCUT2D eigenvalue weighted by Crippen LogP contribution is 2.28. The summed E-state index contributed by atoms with van der Waals surface area (Å²) >= 11 is 1.73. The SMILES string of the molecule is CCCN(CCC)Cc1ccccc1-c1nc(CCN)cs1. The van der Waals surface area contributed by atoms with Crippen LogP contribution in [0.5, 0.6) is 0 Å². The number of rotatable bonds is 9. The van der Waals surface area contributed by atoms with Crippen LogP contribution in [-0.2, 0) is 13.0 Å². The quantitative estimate of drug-likeness (QED) is 0.762. The fraction of sp³-hybridized carbons (Fsp3) is 0.500. The summed E-state index contributed by atoms with van der Waals surface area (Å²) < 4.78 is 0. The lowest BCUT2D eigenvalue weighted by Gasteiger charge is -2.22. The minimum atomic E-state index is 0.658. The third-order valence-electron chi connectivity index (χ3n) is 3.67. The molecule has 0 amide bonds. The van der Waals surface area contributed by atoms with Crippen molar-refractivity contribution in [3.8, 4) is 10.6 Å². The molecule has 22 heavy (non-hydrogen) atoms. The van der Waals surface area contributed by atoms with E-state index < -0.39 is 0 Å². The van der Waals surface area contributed by atoms with Crippen molar-refractivity contribution in [1.82, 2.24) is 9.88 Å². The molecule has 0 aliphatic carbocycles. The van der Waals surface area contributed by atoms with E-state index in [2.05, 4.69) is 48.4 Å². The molecule has 2 rings (SSSR count). The van der Waals surface area contributed by atoms with E-state index in [0.29, 0.717) is 6.54 Å². The van der Waals surface area contributed by atoms with Crippen molar-refractivity contribution in [2.45, 2.75) is 39.7 Å². The van der Waals surface area contributed by atoms with Crippen molar-refractivity contribution in [2.75, 3.05) is 19.6 Å². The third-order valence-corrected chi connectivity index (χ3v) is 4.60. The summed E-state index contributed by atoms with van der Waals surface area (Å²) in [4.78, 5) is 7.29. The molecule has 4 heteroatoms. The monoisotopic (exact) mass is 317 g/mol. The van der Waals surface area contributed by atoms with Gasteiger partial charge in [0, 0.05) is 23.9 Å². The van der Waals surface area contributed by atoms with Crippen LogP contribution in [0.2, 0.25) is 0 Å². The molecule has 1 aromatic heterocycles. The summed E-state index contributed by atoms with van der Waals surface area (Å²) in [6.07, 6.45) is 3.25. The Kier molecular flexibility index (Phi) is 7.03. The first-order valence-corrected chi connectivity index (χ1v) is 9.11. The standard InChI is InChI=1S/C18H27N3S/c1-3-11-21(12-4-2)13-15-7-5-6-8-17(15)18-20-16(9-10-19)14-22-18/h5-8,14H,3-4,9-13,19H2,1-2H3. The number of thiazole rings is 1.